The van der Waals surface area contributed by atoms with Crippen LogP contribution >= 0.6 is 0 Å². The first-order valence-electron chi connectivity index (χ1n) is 12.4. The zero-order valence-electron chi connectivity index (χ0n) is 22.9. The first-order chi connectivity index (χ1) is 18.2. The van der Waals surface area contributed by atoms with E-state index in [0.29, 0.717) is 23.1 Å². The van der Waals surface area contributed by atoms with Gasteiger partial charge in [0.05, 0.1) is 29.9 Å². The molecule has 0 aliphatic rings. The fraction of sp³-hybridized carbons (Fsp3) is 0.276. The van der Waals surface area contributed by atoms with Crippen LogP contribution in [0.4, 0.5) is 23.0 Å². The number of carbonyl (C=O) groups excluding carboxylic acids is 1. The van der Waals surface area contributed by atoms with Gasteiger partial charge in [-0.05, 0) is 38.4 Å². The molecular weight excluding hydrogens is 478 g/mol. The maximum Gasteiger partial charge on any atom is 0.250 e. The van der Waals surface area contributed by atoms with Gasteiger partial charge in [-0.1, -0.05) is 24.8 Å². The molecule has 2 aromatic heterocycles. The quantitative estimate of drug-likeness (QED) is 0.312. The van der Waals surface area contributed by atoms with Gasteiger partial charge in [0.25, 0.3) is 0 Å². The number of aryl methyl sites for hydroxylation is 1. The average molecular weight is 514 g/mol. The summed E-state index contributed by atoms with van der Waals surface area (Å²) in [6.07, 6.45) is 5.11. The molecule has 2 heterocycles. The van der Waals surface area contributed by atoms with E-state index in [2.05, 4.69) is 49.6 Å². The lowest BCUT2D eigenvalue weighted by Gasteiger charge is -2.29. The number of methoxy groups -OCH3 is 1. The van der Waals surface area contributed by atoms with E-state index < -0.39 is 0 Å². The molecule has 0 radical (unpaired) electrons. The smallest absolute Gasteiger partial charge is 0.250 e. The Labute approximate surface area is 224 Å². The van der Waals surface area contributed by atoms with Gasteiger partial charge >= 0.3 is 0 Å². The Morgan fingerprint density at radius 2 is 1.87 bits per heavy atom. The zero-order chi connectivity index (χ0) is 27.4. The van der Waals surface area contributed by atoms with Crippen molar-refractivity contribution in [2.24, 2.45) is 7.05 Å². The van der Waals surface area contributed by atoms with Gasteiger partial charge in [0.15, 0.2) is 0 Å². The molecule has 9 heteroatoms. The second-order valence-corrected chi connectivity index (χ2v) is 9.43. The van der Waals surface area contributed by atoms with Gasteiger partial charge in [0, 0.05) is 69.2 Å². The van der Waals surface area contributed by atoms with Crippen molar-refractivity contribution in [3.05, 3.63) is 67.5 Å². The van der Waals surface area contributed by atoms with Gasteiger partial charge in [0.1, 0.15) is 5.75 Å². The normalized spacial score (nSPS) is 11.0. The summed E-state index contributed by atoms with van der Waals surface area (Å²) < 4.78 is 7.84. The predicted molar refractivity (Wildman–Crippen MR) is 156 cm³/mol. The summed E-state index contributed by atoms with van der Waals surface area (Å²) in [4.78, 5) is 27.6. The third kappa shape index (κ3) is 5.47. The third-order valence-electron chi connectivity index (χ3n) is 6.53. The maximum absolute atomic E-state index is 12.6. The van der Waals surface area contributed by atoms with Crippen molar-refractivity contribution in [2.75, 3.05) is 63.5 Å². The van der Waals surface area contributed by atoms with Gasteiger partial charge in [-0.3, -0.25) is 4.79 Å². The van der Waals surface area contributed by atoms with Crippen LogP contribution in [0.1, 0.15) is 0 Å². The highest BCUT2D eigenvalue weighted by molar-refractivity contribution is 6.04. The number of anilines is 4. The summed E-state index contributed by atoms with van der Waals surface area (Å²) in [6, 6.07) is 13.9. The number of amides is 1. The highest BCUT2D eigenvalue weighted by Crippen LogP contribution is 2.39. The molecule has 4 aromatic rings. The molecular formula is C29H35N7O2. The Bertz CT molecular complexity index is 1460. The van der Waals surface area contributed by atoms with Crippen LogP contribution in [-0.4, -0.2) is 73.7 Å². The number of benzene rings is 2. The van der Waals surface area contributed by atoms with Crippen LogP contribution in [0.3, 0.4) is 0 Å². The molecule has 0 aliphatic carbocycles. The lowest BCUT2D eigenvalue weighted by Crippen LogP contribution is -2.31. The van der Waals surface area contributed by atoms with E-state index in [1.807, 2.05) is 58.5 Å². The number of rotatable bonds is 10. The zero-order valence-corrected chi connectivity index (χ0v) is 22.9. The second-order valence-electron chi connectivity index (χ2n) is 9.43. The van der Waals surface area contributed by atoms with E-state index in [1.54, 1.807) is 25.3 Å². The molecule has 2 aromatic carbocycles. The van der Waals surface area contributed by atoms with Crippen molar-refractivity contribution in [3.63, 3.8) is 0 Å². The second kappa shape index (κ2) is 11.4. The molecule has 1 amide bonds. The van der Waals surface area contributed by atoms with Crippen molar-refractivity contribution < 1.29 is 9.53 Å². The summed E-state index contributed by atoms with van der Waals surface area (Å²) in [5, 5.41) is 4.43. The Morgan fingerprint density at radius 1 is 1.11 bits per heavy atom. The number of ether oxygens (including phenoxy) is 1. The molecule has 0 aliphatic heterocycles. The highest BCUT2D eigenvalue weighted by Gasteiger charge is 2.20. The maximum atomic E-state index is 12.6. The predicted octanol–water partition coefficient (Wildman–Crippen LogP) is 4.53. The van der Waals surface area contributed by atoms with E-state index in [0.717, 1.165) is 40.9 Å². The number of nitrogens with zero attached hydrogens (tertiary/aromatic N) is 6. The van der Waals surface area contributed by atoms with Gasteiger partial charge in [-0.25, -0.2) is 9.97 Å². The van der Waals surface area contributed by atoms with Gasteiger partial charge in [-0.2, -0.15) is 0 Å². The van der Waals surface area contributed by atoms with Crippen LogP contribution in [0.25, 0.3) is 22.2 Å². The summed E-state index contributed by atoms with van der Waals surface area (Å²) in [5.74, 6) is 0.822. The standard InChI is InChI=1S/C29H35N7O2/c1-8-28(37)36(6)26-17-23(27(38-7)18-25(26)34(4)16-15-33(2)3)32-29-30-14-13-22(31-29)21-19-35(5)24-12-10-9-11-20(21)24/h8-14,17-19H,1,15-16H2,2-7H3,(H,30,31,32). The number of likely N-dealkylation sites (N-methyl/N-ethyl adjacent to an activating group) is 3. The van der Waals surface area contributed by atoms with Crippen LogP contribution in [0.5, 0.6) is 5.75 Å². The van der Waals surface area contributed by atoms with Crippen molar-refractivity contribution >= 4 is 39.8 Å². The average Bonchev–Trinajstić information content (AvgIpc) is 3.27. The summed E-state index contributed by atoms with van der Waals surface area (Å²) in [7, 11) is 11.4. The van der Waals surface area contributed by atoms with E-state index in [-0.39, 0.29) is 5.91 Å². The lowest BCUT2D eigenvalue weighted by atomic mass is 10.1. The Kier molecular flexibility index (Phi) is 7.97. The molecule has 4 rings (SSSR count). The molecule has 0 bridgehead atoms. The van der Waals surface area contributed by atoms with Gasteiger partial charge < -0.3 is 29.3 Å². The van der Waals surface area contributed by atoms with Gasteiger partial charge in [-0.15, -0.1) is 0 Å². The fourth-order valence-electron chi connectivity index (χ4n) is 4.36. The van der Waals surface area contributed by atoms with Crippen molar-refractivity contribution in [1.82, 2.24) is 19.4 Å². The summed E-state index contributed by atoms with van der Waals surface area (Å²) in [6.45, 7) is 5.27. The topological polar surface area (TPSA) is 78.8 Å². The van der Waals surface area contributed by atoms with Crippen molar-refractivity contribution in [1.29, 1.82) is 0 Å². The summed E-state index contributed by atoms with van der Waals surface area (Å²) >= 11 is 0. The van der Waals surface area contributed by atoms with E-state index >= 15 is 0 Å². The minimum atomic E-state index is -0.211. The molecule has 0 spiro atoms. The minimum Gasteiger partial charge on any atom is -0.494 e. The molecule has 0 saturated carbocycles. The van der Waals surface area contributed by atoms with Crippen molar-refractivity contribution in [2.45, 2.75) is 0 Å². The van der Waals surface area contributed by atoms with E-state index in [1.165, 1.54) is 6.08 Å². The van der Waals surface area contributed by atoms with E-state index in [4.69, 9.17) is 9.72 Å². The van der Waals surface area contributed by atoms with Crippen LogP contribution in [0, 0.1) is 0 Å². The van der Waals surface area contributed by atoms with E-state index in [9.17, 15) is 4.79 Å². The van der Waals surface area contributed by atoms with Gasteiger partial charge in [0.2, 0.25) is 11.9 Å². The lowest BCUT2D eigenvalue weighted by molar-refractivity contribution is -0.113. The van der Waals surface area contributed by atoms with Crippen LogP contribution in [-0.2, 0) is 11.8 Å². The fourth-order valence-corrected chi connectivity index (χ4v) is 4.36. The Morgan fingerprint density at radius 3 is 2.58 bits per heavy atom. The number of hydrogen-bond acceptors (Lipinski definition) is 7. The Hall–Kier alpha value is -4.37. The monoisotopic (exact) mass is 513 g/mol. The molecule has 9 nitrogen and oxygen atoms in total. The SMILES string of the molecule is C=CC(=O)N(C)c1cc(Nc2nccc(-c3cn(C)c4ccccc34)n2)c(OC)cc1N(C)CCN(C)C. The first kappa shape index (κ1) is 26.7. The minimum absolute atomic E-state index is 0.211. The first-order valence-corrected chi connectivity index (χ1v) is 12.4. The molecule has 38 heavy (non-hydrogen) atoms. The molecule has 0 fully saturated rings. The number of aromatic nitrogens is 3. The Balaban J connectivity index is 1.74. The number of para-hydroxylation sites is 1. The molecule has 0 saturated heterocycles. The number of carbonyl (C=O) groups is 1. The number of nitrogens with one attached hydrogen (secondary N) is 1. The third-order valence-corrected chi connectivity index (χ3v) is 6.53. The summed E-state index contributed by atoms with van der Waals surface area (Å²) in [5.41, 5.74) is 5.17. The number of hydrogen-bond donors (Lipinski definition) is 1. The van der Waals surface area contributed by atoms with Crippen molar-refractivity contribution in [3.8, 4) is 17.0 Å². The number of fused-ring (bicyclic) bond motifs is 1. The molecule has 0 unspecified atom stereocenters. The molecule has 198 valence electrons. The van der Waals surface area contributed by atoms with Crippen LogP contribution < -0.4 is 19.9 Å². The molecule has 1 N–H and O–H groups in total. The largest absolute Gasteiger partial charge is 0.494 e. The molecule has 0 atom stereocenters. The van der Waals surface area contributed by atoms with Crippen LogP contribution in [0.2, 0.25) is 0 Å². The highest BCUT2D eigenvalue weighted by atomic mass is 16.5. The van der Waals surface area contributed by atoms with Crippen LogP contribution in [0.15, 0.2) is 67.5 Å².